The molecule has 0 aromatic heterocycles. The van der Waals surface area contributed by atoms with E-state index in [4.69, 9.17) is 9.47 Å². The number of amides is 2. The van der Waals surface area contributed by atoms with Gasteiger partial charge in [0.1, 0.15) is 11.5 Å². The second-order valence-corrected chi connectivity index (χ2v) is 8.40. The van der Waals surface area contributed by atoms with Gasteiger partial charge in [0.2, 0.25) is 11.8 Å². The summed E-state index contributed by atoms with van der Waals surface area (Å²) in [5, 5.41) is 0. The van der Waals surface area contributed by atoms with Gasteiger partial charge in [-0.3, -0.25) is 9.59 Å². The van der Waals surface area contributed by atoms with Crippen molar-refractivity contribution < 1.29 is 19.1 Å². The van der Waals surface area contributed by atoms with Crippen LogP contribution >= 0.6 is 0 Å². The molecule has 6 nitrogen and oxygen atoms in total. The highest BCUT2D eigenvalue weighted by molar-refractivity contribution is 5.97. The highest BCUT2D eigenvalue weighted by atomic mass is 16.5. The van der Waals surface area contributed by atoms with Gasteiger partial charge in [0.05, 0.1) is 26.2 Å². The molecule has 0 aliphatic carbocycles. The number of methoxy groups -OCH3 is 2. The number of piperidine rings is 2. The molecule has 0 bridgehead atoms. The van der Waals surface area contributed by atoms with Gasteiger partial charge in [-0.1, -0.05) is 24.3 Å². The standard InChI is InChI=1S/C26H30N2O4/c1-18-14-16-27(17-15-18)26(30)23-12-13-24(29)28(20-6-10-22(32-3)11-7-20)25(23)19-4-8-21(31-2)9-5-19/h4-11,23,25H,1,12-17H2,2-3H3. The van der Waals surface area contributed by atoms with Crippen molar-refractivity contribution in [2.45, 2.75) is 31.7 Å². The Morgan fingerprint density at radius 2 is 1.47 bits per heavy atom. The molecule has 2 unspecified atom stereocenters. The fourth-order valence-corrected chi connectivity index (χ4v) is 4.66. The van der Waals surface area contributed by atoms with Gasteiger partial charge in [0.15, 0.2) is 0 Å². The number of carbonyl (C=O) groups excluding carboxylic acids is 2. The summed E-state index contributed by atoms with van der Waals surface area (Å²) < 4.78 is 10.6. The second kappa shape index (κ2) is 9.47. The number of nitrogens with zero attached hydrogens (tertiary/aromatic N) is 2. The first-order chi connectivity index (χ1) is 15.5. The van der Waals surface area contributed by atoms with Crippen LogP contribution in [0.3, 0.4) is 0 Å². The molecule has 0 radical (unpaired) electrons. The summed E-state index contributed by atoms with van der Waals surface area (Å²) in [4.78, 5) is 30.6. The first-order valence-electron chi connectivity index (χ1n) is 11.1. The fourth-order valence-electron chi connectivity index (χ4n) is 4.66. The molecule has 2 amide bonds. The Balaban J connectivity index is 1.72. The van der Waals surface area contributed by atoms with E-state index < -0.39 is 0 Å². The van der Waals surface area contributed by atoms with Crippen LogP contribution < -0.4 is 14.4 Å². The molecule has 2 saturated heterocycles. The van der Waals surface area contributed by atoms with Crippen molar-refractivity contribution in [2.24, 2.45) is 5.92 Å². The minimum Gasteiger partial charge on any atom is -0.497 e. The molecular weight excluding hydrogens is 404 g/mol. The molecule has 4 rings (SSSR count). The number of likely N-dealkylation sites (tertiary alicyclic amines) is 1. The minimum atomic E-state index is -0.381. The highest BCUT2D eigenvalue weighted by Gasteiger charge is 2.43. The van der Waals surface area contributed by atoms with Crippen LogP contribution in [0.2, 0.25) is 0 Å². The van der Waals surface area contributed by atoms with Crippen LogP contribution in [-0.2, 0) is 9.59 Å². The summed E-state index contributed by atoms with van der Waals surface area (Å²) in [6.07, 6.45) is 2.56. The van der Waals surface area contributed by atoms with Crippen molar-refractivity contribution in [3.8, 4) is 11.5 Å². The Hall–Kier alpha value is -3.28. The lowest BCUT2D eigenvalue weighted by Crippen LogP contribution is -2.50. The average Bonchev–Trinajstić information content (AvgIpc) is 2.84. The third-order valence-corrected chi connectivity index (χ3v) is 6.50. The van der Waals surface area contributed by atoms with Gasteiger partial charge in [-0.05, 0) is 61.2 Å². The van der Waals surface area contributed by atoms with E-state index in [0.717, 1.165) is 35.6 Å². The quantitative estimate of drug-likeness (QED) is 0.656. The Morgan fingerprint density at radius 3 is 2.03 bits per heavy atom. The Bertz CT molecular complexity index is 974. The predicted octanol–water partition coefficient (Wildman–Crippen LogP) is 4.37. The Morgan fingerprint density at radius 1 is 0.906 bits per heavy atom. The maximum atomic E-state index is 13.7. The molecule has 2 heterocycles. The van der Waals surface area contributed by atoms with Crippen molar-refractivity contribution in [1.29, 1.82) is 0 Å². The molecule has 168 valence electrons. The maximum absolute atomic E-state index is 13.7. The van der Waals surface area contributed by atoms with Gasteiger partial charge in [0, 0.05) is 25.2 Å². The van der Waals surface area contributed by atoms with Crippen LogP contribution in [0.5, 0.6) is 11.5 Å². The maximum Gasteiger partial charge on any atom is 0.228 e. The molecule has 2 atom stereocenters. The molecular formula is C26H30N2O4. The van der Waals surface area contributed by atoms with Crippen molar-refractivity contribution >= 4 is 17.5 Å². The zero-order valence-corrected chi connectivity index (χ0v) is 18.8. The topological polar surface area (TPSA) is 59.1 Å². The Kier molecular flexibility index (Phi) is 6.49. The van der Waals surface area contributed by atoms with Crippen LogP contribution in [-0.4, -0.2) is 44.0 Å². The summed E-state index contributed by atoms with van der Waals surface area (Å²) in [6.45, 7) is 5.45. The number of carbonyl (C=O) groups is 2. The first kappa shape index (κ1) is 21.9. The van der Waals surface area contributed by atoms with Crippen LogP contribution in [0.1, 0.15) is 37.3 Å². The Labute approximate surface area is 189 Å². The SMILES string of the molecule is C=C1CCN(C(=O)C2CCC(=O)N(c3ccc(OC)cc3)C2c2ccc(OC)cc2)CC1. The minimum absolute atomic E-state index is 0.0204. The third-order valence-electron chi connectivity index (χ3n) is 6.50. The molecule has 2 aromatic carbocycles. The van der Waals surface area contributed by atoms with Crippen LogP contribution in [0, 0.1) is 5.92 Å². The summed E-state index contributed by atoms with van der Waals surface area (Å²) >= 11 is 0. The molecule has 2 aromatic rings. The number of benzene rings is 2. The van der Waals surface area contributed by atoms with Gasteiger partial charge < -0.3 is 19.3 Å². The molecule has 2 aliphatic heterocycles. The monoisotopic (exact) mass is 434 g/mol. The van der Waals surface area contributed by atoms with E-state index in [0.29, 0.717) is 25.9 Å². The van der Waals surface area contributed by atoms with Crippen molar-refractivity contribution in [1.82, 2.24) is 4.90 Å². The number of anilines is 1. The lowest BCUT2D eigenvalue weighted by Gasteiger charge is -2.43. The van der Waals surface area contributed by atoms with E-state index in [9.17, 15) is 9.59 Å². The third kappa shape index (κ3) is 4.35. The molecule has 6 heteroatoms. The normalized spacial score (nSPS) is 21.4. The van der Waals surface area contributed by atoms with E-state index >= 15 is 0 Å². The van der Waals surface area contributed by atoms with Crippen molar-refractivity contribution in [3.63, 3.8) is 0 Å². The summed E-state index contributed by atoms with van der Waals surface area (Å²) in [7, 11) is 3.24. The number of rotatable bonds is 5. The van der Waals surface area contributed by atoms with Gasteiger partial charge in [0.25, 0.3) is 0 Å². The largest absolute Gasteiger partial charge is 0.497 e. The molecule has 0 spiro atoms. The summed E-state index contributed by atoms with van der Waals surface area (Å²) in [5.41, 5.74) is 2.88. The van der Waals surface area contributed by atoms with E-state index in [1.165, 1.54) is 5.57 Å². The molecule has 0 N–H and O–H groups in total. The van der Waals surface area contributed by atoms with Gasteiger partial charge in [-0.15, -0.1) is 0 Å². The zero-order chi connectivity index (χ0) is 22.7. The second-order valence-electron chi connectivity index (χ2n) is 8.40. The van der Waals surface area contributed by atoms with Gasteiger partial charge in [-0.2, -0.15) is 0 Å². The van der Waals surface area contributed by atoms with Gasteiger partial charge >= 0.3 is 0 Å². The van der Waals surface area contributed by atoms with Crippen molar-refractivity contribution in [3.05, 3.63) is 66.2 Å². The van der Waals surface area contributed by atoms with Crippen LogP contribution in [0.15, 0.2) is 60.7 Å². The highest BCUT2D eigenvalue weighted by Crippen LogP contribution is 2.42. The first-order valence-corrected chi connectivity index (χ1v) is 11.1. The van der Waals surface area contributed by atoms with E-state index in [1.807, 2.05) is 53.4 Å². The zero-order valence-electron chi connectivity index (χ0n) is 18.8. The summed E-state index contributed by atoms with van der Waals surface area (Å²) in [5.74, 6) is 1.29. The summed E-state index contributed by atoms with van der Waals surface area (Å²) in [6, 6.07) is 14.7. The van der Waals surface area contributed by atoms with E-state index in [-0.39, 0.29) is 23.8 Å². The van der Waals surface area contributed by atoms with Crippen LogP contribution in [0.25, 0.3) is 0 Å². The molecule has 32 heavy (non-hydrogen) atoms. The number of hydrogen-bond donors (Lipinski definition) is 0. The molecule has 2 aliphatic rings. The van der Waals surface area contributed by atoms with Crippen molar-refractivity contribution in [2.75, 3.05) is 32.2 Å². The van der Waals surface area contributed by atoms with E-state index in [1.54, 1.807) is 19.1 Å². The van der Waals surface area contributed by atoms with Crippen LogP contribution in [0.4, 0.5) is 5.69 Å². The van der Waals surface area contributed by atoms with E-state index in [2.05, 4.69) is 6.58 Å². The lowest BCUT2D eigenvalue weighted by molar-refractivity contribution is -0.138. The lowest BCUT2D eigenvalue weighted by atomic mass is 9.82. The number of hydrogen-bond acceptors (Lipinski definition) is 4. The molecule has 2 fully saturated rings. The average molecular weight is 435 g/mol. The van der Waals surface area contributed by atoms with Gasteiger partial charge in [-0.25, -0.2) is 0 Å². The smallest absolute Gasteiger partial charge is 0.228 e. The number of ether oxygens (including phenoxy) is 2. The molecule has 0 saturated carbocycles. The fraction of sp³-hybridized carbons (Fsp3) is 0.385. The predicted molar refractivity (Wildman–Crippen MR) is 124 cm³/mol.